The van der Waals surface area contributed by atoms with Crippen LogP contribution in [0.4, 0.5) is 0 Å². The highest BCUT2D eigenvalue weighted by Gasteiger charge is 2.36. The molecule has 2 nitrogen and oxygen atoms in total. The molecule has 0 unspecified atom stereocenters. The molecule has 16 heavy (non-hydrogen) atoms. The van der Waals surface area contributed by atoms with E-state index in [-0.39, 0.29) is 12.4 Å². The second-order valence-corrected chi connectivity index (χ2v) is 4.45. The van der Waals surface area contributed by atoms with Crippen molar-refractivity contribution in [2.75, 3.05) is 0 Å². The summed E-state index contributed by atoms with van der Waals surface area (Å²) >= 11 is 0. The molecule has 0 aromatic heterocycles. The van der Waals surface area contributed by atoms with Gasteiger partial charge in [0.2, 0.25) is 6.29 Å². The molecule has 4 rings (SSSR count). The number of ether oxygens (including phenoxy) is 2. The zero-order valence-corrected chi connectivity index (χ0v) is 8.85. The summed E-state index contributed by atoms with van der Waals surface area (Å²) in [6.45, 7) is 0. The molecule has 0 saturated carbocycles. The molecule has 0 aliphatic carbocycles. The zero-order valence-electron chi connectivity index (χ0n) is 8.85. The molecule has 2 heteroatoms. The van der Waals surface area contributed by atoms with E-state index in [1.807, 2.05) is 0 Å². The maximum absolute atomic E-state index is 5.81. The van der Waals surface area contributed by atoms with Crippen molar-refractivity contribution in [1.29, 1.82) is 0 Å². The van der Waals surface area contributed by atoms with Gasteiger partial charge in [0.05, 0.1) is 6.10 Å². The highest BCUT2D eigenvalue weighted by molar-refractivity contribution is 5.88. The van der Waals surface area contributed by atoms with Crippen LogP contribution in [0.15, 0.2) is 36.4 Å². The molecule has 0 amide bonds. The minimum atomic E-state index is -0.0151. The van der Waals surface area contributed by atoms with Gasteiger partial charge >= 0.3 is 0 Å². The first-order valence-electron chi connectivity index (χ1n) is 5.75. The first-order chi connectivity index (χ1) is 7.92. The average molecular weight is 212 g/mol. The summed E-state index contributed by atoms with van der Waals surface area (Å²) < 4.78 is 11.6. The molecule has 2 atom stereocenters. The van der Waals surface area contributed by atoms with Gasteiger partial charge in [-0.05, 0) is 23.3 Å². The van der Waals surface area contributed by atoms with Gasteiger partial charge in [-0.3, -0.25) is 0 Å². The van der Waals surface area contributed by atoms with E-state index in [0.717, 1.165) is 18.6 Å². The van der Waals surface area contributed by atoms with E-state index >= 15 is 0 Å². The fraction of sp³-hybridized carbons (Fsp3) is 0.286. The molecule has 2 aliphatic heterocycles. The Morgan fingerprint density at radius 2 is 1.94 bits per heavy atom. The van der Waals surface area contributed by atoms with Crippen molar-refractivity contribution in [2.24, 2.45) is 0 Å². The van der Waals surface area contributed by atoms with Gasteiger partial charge in [0.15, 0.2) is 0 Å². The van der Waals surface area contributed by atoms with Crippen LogP contribution in [0.5, 0.6) is 5.75 Å². The van der Waals surface area contributed by atoms with Crippen LogP contribution < -0.4 is 4.74 Å². The summed E-state index contributed by atoms with van der Waals surface area (Å²) in [4.78, 5) is 0. The van der Waals surface area contributed by atoms with Gasteiger partial charge in [0, 0.05) is 12.0 Å². The predicted molar refractivity (Wildman–Crippen MR) is 61.4 cm³/mol. The van der Waals surface area contributed by atoms with Crippen LogP contribution in [0.25, 0.3) is 10.8 Å². The number of hydrogen-bond donors (Lipinski definition) is 0. The predicted octanol–water partition coefficient (Wildman–Crippen LogP) is 3.41. The fourth-order valence-corrected chi connectivity index (χ4v) is 2.76. The van der Waals surface area contributed by atoms with Crippen molar-refractivity contribution in [3.8, 4) is 5.75 Å². The summed E-state index contributed by atoms with van der Waals surface area (Å²) in [5.41, 5.74) is 1.24. The minimum absolute atomic E-state index is 0.0151. The normalized spacial score (nSPS) is 26.5. The van der Waals surface area contributed by atoms with Gasteiger partial charge in [-0.15, -0.1) is 0 Å². The SMILES string of the molecule is c1ccc2c3c(ccc2c1)O[C@H]1CC[C@H]3O1. The second-order valence-electron chi connectivity index (χ2n) is 4.45. The van der Waals surface area contributed by atoms with Gasteiger partial charge in [-0.1, -0.05) is 30.3 Å². The molecule has 80 valence electrons. The Hall–Kier alpha value is -1.54. The standard InChI is InChI=1S/C14H12O2/c1-2-4-10-9(3-1)5-6-11-14(10)12-7-8-13(15-11)16-12/h1-6,12-13H,7-8H2/t12-,13-/m1/s1. The van der Waals surface area contributed by atoms with Crippen molar-refractivity contribution in [3.63, 3.8) is 0 Å². The largest absolute Gasteiger partial charge is 0.465 e. The minimum Gasteiger partial charge on any atom is -0.465 e. The maximum Gasteiger partial charge on any atom is 0.200 e. The molecule has 1 saturated heterocycles. The summed E-state index contributed by atoms with van der Waals surface area (Å²) in [7, 11) is 0. The molecule has 1 fully saturated rings. The molecule has 0 spiro atoms. The third-order valence-corrected chi connectivity index (χ3v) is 3.49. The summed E-state index contributed by atoms with van der Waals surface area (Å²) in [5.74, 6) is 1.01. The Kier molecular flexibility index (Phi) is 1.60. The third kappa shape index (κ3) is 1.05. The van der Waals surface area contributed by atoms with E-state index < -0.39 is 0 Å². The van der Waals surface area contributed by atoms with Crippen molar-refractivity contribution < 1.29 is 9.47 Å². The maximum atomic E-state index is 5.81. The van der Waals surface area contributed by atoms with E-state index in [1.54, 1.807) is 0 Å². The molecule has 2 aromatic rings. The Morgan fingerprint density at radius 1 is 1.00 bits per heavy atom. The van der Waals surface area contributed by atoms with E-state index in [1.165, 1.54) is 16.3 Å². The van der Waals surface area contributed by atoms with Gasteiger partial charge in [-0.25, -0.2) is 0 Å². The third-order valence-electron chi connectivity index (χ3n) is 3.49. The lowest BCUT2D eigenvalue weighted by molar-refractivity contribution is -0.0925. The van der Waals surface area contributed by atoms with E-state index in [2.05, 4.69) is 36.4 Å². The first-order valence-corrected chi connectivity index (χ1v) is 5.75. The van der Waals surface area contributed by atoms with Gasteiger partial charge in [0.25, 0.3) is 0 Å². The van der Waals surface area contributed by atoms with Crippen LogP contribution in [0.3, 0.4) is 0 Å². The van der Waals surface area contributed by atoms with Crippen LogP contribution >= 0.6 is 0 Å². The van der Waals surface area contributed by atoms with Gasteiger partial charge in [-0.2, -0.15) is 0 Å². The summed E-state index contributed by atoms with van der Waals surface area (Å²) in [6.07, 6.45) is 2.30. The molecule has 2 heterocycles. The average Bonchev–Trinajstić information content (AvgIpc) is 2.71. The smallest absolute Gasteiger partial charge is 0.200 e. The molecule has 0 radical (unpaired) electrons. The van der Waals surface area contributed by atoms with Crippen LogP contribution in [0, 0.1) is 0 Å². The first kappa shape index (κ1) is 8.59. The van der Waals surface area contributed by atoms with Crippen LogP contribution in [-0.4, -0.2) is 6.29 Å². The zero-order chi connectivity index (χ0) is 10.5. The number of benzene rings is 2. The highest BCUT2D eigenvalue weighted by Crippen LogP contribution is 2.46. The van der Waals surface area contributed by atoms with Crippen molar-refractivity contribution in [3.05, 3.63) is 42.0 Å². The quantitative estimate of drug-likeness (QED) is 0.666. The summed E-state index contributed by atoms with van der Waals surface area (Å²) in [6, 6.07) is 12.6. The topological polar surface area (TPSA) is 18.5 Å². The fourth-order valence-electron chi connectivity index (χ4n) is 2.76. The lowest BCUT2D eigenvalue weighted by Crippen LogP contribution is -2.20. The van der Waals surface area contributed by atoms with Crippen LogP contribution in [-0.2, 0) is 4.74 Å². The Morgan fingerprint density at radius 3 is 2.94 bits per heavy atom. The molecule has 2 bridgehead atoms. The number of hydrogen-bond acceptors (Lipinski definition) is 2. The Bertz CT molecular complexity index is 562. The molecule has 0 N–H and O–H groups in total. The lowest BCUT2D eigenvalue weighted by Gasteiger charge is -2.25. The van der Waals surface area contributed by atoms with E-state index in [9.17, 15) is 0 Å². The molecular formula is C14H12O2. The van der Waals surface area contributed by atoms with E-state index in [4.69, 9.17) is 9.47 Å². The van der Waals surface area contributed by atoms with Crippen LogP contribution in [0.1, 0.15) is 24.5 Å². The molecular weight excluding hydrogens is 200 g/mol. The Balaban J connectivity index is 2.06. The van der Waals surface area contributed by atoms with Crippen molar-refractivity contribution in [2.45, 2.75) is 25.2 Å². The monoisotopic (exact) mass is 212 g/mol. The highest BCUT2D eigenvalue weighted by atomic mass is 16.7. The Labute approximate surface area is 93.8 Å². The van der Waals surface area contributed by atoms with Crippen molar-refractivity contribution >= 4 is 10.8 Å². The van der Waals surface area contributed by atoms with Gasteiger partial charge < -0.3 is 9.47 Å². The molecule has 2 aromatic carbocycles. The molecule has 2 aliphatic rings. The number of rotatable bonds is 0. The van der Waals surface area contributed by atoms with E-state index in [0.29, 0.717) is 0 Å². The van der Waals surface area contributed by atoms with Crippen LogP contribution in [0.2, 0.25) is 0 Å². The lowest BCUT2D eigenvalue weighted by atomic mass is 9.98. The summed E-state index contributed by atoms with van der Waals surface area (Å²) in [5, 5.41) is 2.53. The second kappa shape index (κ2) is 2.98. The number of fused-ring (bicyclic) bond motifs is 6. The van der Waals surface area contributed by atoms with Gasteiger partial charge in [0.1, 0.15) is 5.75 Å². The van der Waals surface area contributed by atoms with Crippen molar-refractivity contribution in [1.82, 2.24) is 0 Å².